The molecule has 0 saturated heterocycles. The first-order valence-corrected chi connectivity index (χ1v) is 9.75. The number of fused-ring (bicyclic) bond motifs is 2. The molecule has 0 spiro atoms. The molecule has 5 nitrogen and oxygen atoms in total. The summed E-state index contributed by atoms with van der Waals surface area (Å²) < 4.78 is 10.6. The van der Waals surface area contributed by atoms with Crippen molar-refractivity contribution in [1.82, 2.24) is 0 Å². The zero-order valence-corrected chi connectivity index (χ0v) is 15.4. The van der Waals surface area contributed by atoms with E-state index >= 15 is 0 Å². The molecule has 0 bridgehead atoms. The second-order valence-corrected chi connectivity index (χ2v) is 7.61. The minimum Gasteiger partial charge on any atom is -0.454 e. The molecule has 27 heavy (non-hydrogen) atoms. The first kappa shape index (κ1) is 16.2. The third kappa shape index (κ3) is 3.13. The summed E-state index contributed by atoms with van der Waals surface area (Å²) in [6.07, 6.45) is 1.09. The smallest absolute Gasteiger partial charge is 0.255 e. The molecule has 5 rings (SSSR count). The van der Waals surface area contributed by atoms with Crippen molar-refractivity contribution in [3.63, 3.8) is 0 Å². The molecule has 3 aromatic rings. The Bertz CT molecular complexity index is 997. The van der Waals surface area contributed by atoms with Crippen molar-refractivity contribution in [3.8, 4) is 11.5 Å². The molecule has 3 heterocycles. The van der Waals surface area contributed by atoms with Crippen LogP contribution in [0, 0.1) is 0 Å². The second kappa shape index (κ2) is 6.63. The highest BCUT2D eigenvalue weighted by molar-refractivity contribution is 7.10. The highest BCUT2D eigenvalue weighted by Gasteiger charge is 2.18. The van der Waals surface area contributed by atoms with Crippen molar-refractivity contribution < 1.29 is 14.3 Å². The third-order valence-electron chi connectivity index (χ3n) is 4.93. The zero-order chi connectivity index (χ0) is 18.2. The largest absolute Gasteiger partial charge is 0.454 e. The lowest BCUT2D eigenvalue weighted by Crippen LogP contribution is -2.29. The van der Waals surface area contributed by atoms with E-state index in [4.69, 9.17) is 9.47 Å². The summed E-state index contributed by atoms with van der Waals surface area (Å²) in [5.41, 5.74) is 3.92. The van der Waals surface area contributed by atoms with Crippen LogP contribution in [0.2, 0.25) is 0 Å². The molecule has 0 unspecified atom stereocenters. The molecule has 1 amide bonds. The summed E-state index contributed by atoms with van der Waals surface area (Å²) in [5, 5.41) is 5.11. The van der Waals surface area contributed by atoms with Crippen molar-refractivity contribution in [2.75, 3.05) is 23.6 Å². The molecule has 2 aliphatic rings. The maximum absolute atomic E-state index is 12.5. The van der Waals surface area contributed by atoms with Crippen LogP contribution in [0.5, 0.6) is 11.5 Å². The molecule has 0 radical (unpaired) electrons. The van der Waals surface area contributed by atoms with E-state index in [1.54, 1.807) is 18.2 Å². The van der Waals surface area contributed by atoms with Gasteiger partial charge in [-0.15, -0.1) is 11.3 Å². The normalized spacial score (nSPS) is 14.7. The first-order chi connectivity index (χ1) is 13.3. The van der Waals surface area contributed by atoms with Gasteiger partial charge in [0.25, 0.3) is 5.91 Å². The molecule has 136 valence electrons. The molecule has 0 atom stereocenters. The lowest BCUT2D eigenvalue weighted by molar-refractivity contribution is 0.102. The number of anilines is 2. The van der Waals surface area contributed by atoms with E-state index in [2.05, 4.69) is 33.8 Å². The zero-order valence-electron chi connectivity index (χ0n) is 14.6. The van der Waals surface area contributed by atoms with Crippen LogP contribution in [0.4, 0.5) is 11.4 Å². The van der Waals surface area contributed by atoms with Gasteiger partial charge in [-0.05, 0) is 65.9 Å². The van der Waals surface area contributed by atoms with E-state index in [-0.39, 0.29) is 12.7 Å². The standard InChI is InChI=1S/C21H18N2O3S/c24-21(14-1-6-18-19(11-14)26-13-25-18)22-16-2-4-17(5-3-16)23-9-7-20-15(12-23)8-10-27-20/h1-6,8,10-11H,7,9,12-13H2,(H,22,24). The number of rotatable bonds is 3. The van der Waals surface area contributed by atoms with Crippen molar-refractivity contribution in [1.29, 1.82) is 0 Å². The molecule has 2 aromatic carbocycles. The fraction of sp³-hybridized carbons (Fsp3) is 0.190. The Hall–Kier alpha value is -2.99. The highest BCUT2D eigenvalue weighted by Crippen LogP contribution is 2.33. The van der Waals surface area contributed by atoms with Crippen molar-refractivity contribution in [2.45, 2.75) is 13.0 Å². The molecule has 1 aromatic heterocycles. The maximum atomic E-state index is 12.5. The quantitative estimate of drug-likeness (QED) is 0.739. The van der Waals surface area contributed by atoms with Gasteiger partial charge >= 0.3 is 0 Å². The Balaban J connectivity index is 1.27. The SMILES string of the molecule is O=C(Nc1ccc(N2CCc3sccc3C2)cc1)c1ccc2c(c1)OCO2. The number of benzene rings is 2. The van der Waals surface area contributed by atoms with E-state index in [9.17, 15) is 4.79 Å². The van der Waals surface area contributed by atoms with Gasteiger partial charge in [0.15, 0.2) is 11.5 Å². The van der Waals surface area contributed by atoms with Crippen LogP contribution in [0.15, 0.2) is 53.9 Å². The molecule has 0 saturated carbocycles. The molecular weight excluding hydrogens is 360 g/mol. The number of thiophene rings is 1. The van der Waals surface area contributed by atoms with Crippen LogP contribution in [0.3, 0.4) is 0 Å². The predicted molar refractivity (Wildman–Crippen MR) is 106 cm³/mol. The van der Waals surface area contributed by atoms with Gasteiger partial charge in [0.05, 0.1) is 0 Å². The van der Waals surface area contributed by atoms with Crippen LogP contribution < -0.4 is 19.7 Å². The third-order valence-corrected chi connectivity index (χ3v) is 5.96. The van der Waals surface area contributed by atoms with Crippen molar-refractivity contribution in [2.24, 2.45) is 0 Å². The number of nitrogens with one attached hydrogen (secondary N) is 1. The molecule has 2 aliphatic heterocycles. The van der Waals surface area contributed by atoms with E-state index in [0.29, 0.717) is 17.1 Å². The van der Waals surface area contributed by atoms with Gasteiger partial charge in [-0.1, -0.05) is 0 Å². The summed E-state index contributed by atoms with van der Waals surface area (Å²) in [4.78, 5) is 16.4. The van der Waals surface area contributed by atoms with Crippen molar-refractivity contribution >= 4 is 28.6 Å². The maximum Gasteiger partial charge on any atom is 0.255 e. The van der Waals surface area contributed by atoms with E-state index < -0.39 is 0 Å². The van der Waals surface area contributed by atoms with Crippen LogP contribution in [0.1, 0.15) is 20.8 Å². The fourth-order valence-electron chi connectivity index (χ4n) is 3.47. The lowest BCUT2D eigenvalue weighted by Gasteiger charge is -2.29. The Labute approximate surface area is 161 Å². The molecular formula is C21H18N2O3S. The van der Waals surface area contributed by atoms with E-state index in [1.165, 1.54) is 16.1 Å². The monoisotopic (exact) mass is 378 g/mol. The topological polar surface area (TPSA) is 50.8 Å². The van der Waals surface area contributed by atoms with Gasteiger partial charge < -0.3 is 19.7 Å². The average molecular weight is 378 g/mol. The predicted octanol–water partition coefficient (Wildman–Crippen LogP) is 4.29. The summed E-state index contributed by atoms with van der Waals surface area (Å²) in [7, 11) is 0. The number of carbonyl (C=O) groups excluding carboxylic acids is 1. The number of nitrogens with zero attached hydrogens (tertiary/aromatic N) is 1. The number of amides is 1. The van der Waals surface area contributed by atoms with E-state index in [1.807, 2.05) is 23.5 Å². The Morgan fingerprint density at radius 1 is 1.04 bits per heavy atom. The lowest BCUT2D eigenvalue weighted by atomic mass is 10.1. The van der Waals surface area contributed by atoms with Gasteiger partial charge in [-0.2, -0.15) is 0 Å². The first-order valence-electron chi connectivity index (χ1n) is 8.87. The van der Waals surface area contributed by atoms with Gasteiger partial charge in [-0.25, -0.2) is 0 Å². The van der Waals surface area contributed by atoms with Crippen LogP contribution >= 0.6 is 11.3 Å². The Morgan fingerprint density at radius 3 is 2.78 bits per heavy atom. The molecule has 6 heteroatoms. The highest BCUT2D eigenvalue weighted by atomic mass is 32.1. The molecule has 1 N–H and O–H groups in total. The summed E-state index contributed by atoms with van der Waals surface area (Å²) in [5.74, 6) is 1.11. The molecule has 0 fully saturated rings. The summed E-state index contributed by atoms with van der Waals surface area (Å²) in [6.45, 7) is 2.17. The minimum atomic E-state index is -0.165. The fourth-order valence-corrected chi connectivity index (χ4v) is 4.36. The van der Waals surface area contributed by atoms with Crippen LogP contribution in [-0.2, 0) is 13.0 Å². The van der Waals surface area contributed by atoms with Gasteiger partial charge in [0.2, 0.25) is 6.79 Å². The number of carbonyl (C=O) groups is 1. The summed E-state index contributed by atoms with van der Waals surface area (Å²) in [6, 6.07) is 15.4. The number of ether oxygens (including phenoxy) is 2. The minimum absolute atomic E-state index is 0.165. The van der Waals surface area contributed by atoms with Crippen molar-refractivity contribution in [3.05, 3.63) is 69.9 Å². The van der Waals surface area contributed by atoms with E-state index in [0.717, 1.165) is 25.2 Å². The van der Waals surface area contributed by atoms with Crippen LogP contribution in [-0.4, -0.2) is 19.2 Å². The van der Waals surface area contributed by atoms with Gasteiger partial charge in [-0.3, -0.25) is 4.79 Å². The number of hydrogen-bond donors (Lipinski definition) is 1. The second-order valence-electron chi connectivity index (χ2n) is 6.61. The Kier molecular flexibility index (Phi) is 3.98. The van der Waals surface area contributed by atoms with Gasteiger partial charge in [0, 0.05) is 34.9 Å². The van der Waals surface area contributed by atoms with Crippen LogP contribution in [0.25, 0.3) is 0 Å². The Morgan fingerprint density at radius 2 is 1.89 bits per heavy atom. The summed E-state index contributed by atoms with van der Waals surface area (Å²) >= 11 is 1.85. The molecule has 0 aliphatic carbocycles. The average Bonchev–Trinajstić information content (AvgIpc) is 3.36. The number of hydrogen-bond acceptors (Lipinski definition) is 5. The van der Waals surface area contributed by atoms with Gasteiger partial charge in [0.1, 0.15) is 0 Å².